The van der Waals surface area contributed by atoms with Gasteiger partial charge in [0.1, 0.15) is 19.0 Å². The summed E-state index contributed by atoms with van der Waals surface area (Å²) in [4.78, 5) is 29.9. The molecule has 0 radical (unpaired) electrons. The predicted octanol–water partition coefficient (Wildman–Crippen LogP) is 4.67. The SMILES string of the molecule is CS(=O)(=O)CCOC(=O)C1=Cc2ccc(O)cc2C(C2CC2)N(Cc2sc3ccccc3c2Cl)C=C1C(=O)OCCS(C)(=O)=O. The van der Waals surface area contributed by atoms with E-state index in [0.717, 1.165) is 45.9 Å². The highest BCUT2D eigenvalue weighted by Gasteiger charge is 2.39. The topological polar surface area (TPSA) is 144 Å². The number of thiophene rings is 1. The van der Waals surface area contributed by atoms with E-state index in [4.69, 9.17) is 21.1 Å². The van der Waals surface area contributed by atoms with Gasteiger partial charge < -0.3 is 19.5 Å². The zero-order valence-electron chi connectivity index (χ0n) is 24.6. The molecule has 1 N–H and O–H groups in total. The molecule has 0 saturated heterocycles. The van der Waals surface area contributed by atoms with Crippen molar-refractivity contribution in [2.75, 3.05) is 37.2 Å². The summed E-state index contributed by atoms with van der Waals surface area (Å²) >= 11 is 8.34. The second kappa shape index (κ2) is 13.1. The van der Waals surface area contributed by atoms with Crippen LogP contribution in [0.3, 0.4) is 0 Å². The van der Waals surface area contributed by atoms with Gasteiger partial charge in [-0.15, -0.1) is 11.3 Å². The van der Waals surface area contributed by atoms with Crippen LogP contribution < -0.4 is 0 Å². The standard InChI is InChI=1S/C31H32ClNO9S3/c1-44(37,38)13-11-41-30(35)24-15-20-9-10-21(34)16-23(20)29(19-7-8-19)33(17-25(24)31(36)42-12-14-45(2,39)40)18-27-28(32)22-5-3-4-6-26(22)43-27/h3-6,9-10,15-17,19,29,34H,7-8,11-14,18H2,1-2H3. The highest BCUT2D eigenvalue weighted by Crippen LogP contribution is 2.49. The van der Waals surface area contributed by atoms with Crippen molar-refractivity contribution in [2.45, 2.75) is 25.4 Å². The van der Waals surface area contributed by atoms with Gasteiger partial charge in [0.25, 0.3) is 0 Å². The Morgan fingerprint density at radius 1 is 0.956 bits per heavy atom. The quantitative estimate of drug-likeness (QED) is 0.281. The summed E-state index contributed by atoms with van der Waals surface area (Å²) in [6.45, 7) is -0.644. The number of carbonyl (C=O) groups excluding carboxylic acids is 2. The van der Waals surface area contributed by atoms with Crippen LogP contribution in [0.25, 0.3) is 16.2 Å². The van der Waals surface area contributed by atoms with Crippen molar-refractivity contribution in [3.63, 3.8) is 0 Å². The summed E-state index contributed by atoms with van der Waals surface area (Å²) < 4.78 is 58.5. The maximum atomic E-state index is 13.6. The first-order chi connectivity index (χ1) is 21.2. The smallest absolute Gasteiger partial charge is 0.340 e. The Morgan fingerprint density at radius 3 is 2.18 bits per heavy atom. The summed E-state index contributed by atoms with van der Waals surface area (Å²) in [6, 6.07) is 12.1. The fourth-order valence-corrected chi connectivity index (χ4v) is 7.42. The molecule has 0 amide bonds. The lowest BCUT2D eigenvalue weighted by atomic mass is 9.90. The summed E-state index contributed by atoms with van der Waals surface area (Å²) in [5, 5.41) is 12.0. The number of ether oxygens (including phenoxy) is 2. The van der Waals surface area contributed by atoms with Crippen molar-refractivity contribution in [3.8, 4) is 5.75 Å². The minimum absolute atomic E-state index is 0.0230. The molecule has 1 atom stereocenters. The molecule has 1 aliphatic heterocycles. The Balaban J connectivity index is 1.64. The number of rotatable bonds is 11. The third kappa shape index (κ3) is 8.26. The Hall–Kier alpha value is -3.39. The van der Waals surface area contributed by atoms with Crippen molar-refractivity contribution >= 4 is 70.7 Å². The molecule has 5 rings (SSSR count). The van der Waals surface area contributed by atoms with Gasteiger partial charge >= 0.3 is 11.9 Å². The maximum Gasteiger partial charge on any atom is 0.340 e. The molecule has 10 nitrogen and oxygen atoms in total. The van der Waals surface area contributed by atoms with Gasteiger partial charge in [0, 0.05) is 33.7 Å². The zero-order chi connectivity index (χ0) is 32.5. The molecular weight excluding hydrogens is 662 g/mol. The van der Waals surface area contributed by atoms with E-state index in [1.807, 2.05) is 29.2 Å². The van der Waals surface area contributed by atoms with Crippen LogP contribution in [0.5, 0.6) is 5.75 Å². The second-order valence-electron chi connectivity index (χ2n) is 11.2. The van der Waals surface area contributed by atoms with Crippen LogP contribution in [0.1, 0.15) is 34.9 Å². The lowest BCUT2D eigenvalue weighted by Gasteiger charge is -2.34. The second-order valence-corrected chi connectivity index (χ2v) is 17.3. The number of fused-ring (bicyclic) bond motifs is 2. The molecule has 0 bridgehead atoms. The molecule has 2 aromatic carbocycles. The van der Waals surface area contributed by atoms with Crippen LogP contribution in [-0.4, -0.2) is 76.0 Å². The molecule has 0 spiro atoms. The Bertz CT molecular complexity index is 1930. The van der Waals surface area contributed by atoms with Crippen molar-refractivity contribution in [1.29, 1.82) is 0 Å². The molecule has 1 saturated carbocycles. The first-order valence-electron chi connectivity index (χ1n) is 14.1. The van der Waals surface area contributed by atoms with E-state index in [1.165, 1.54) is 29.7 Å². The van der Waals surface area contributed by atoms with Crippen LogP contribution in [0.4, 0.5) is 0 Å². The average molecular weight is 694 g/mol. The average Bonchev–Trinajstić information content (AvgIpc) is 3.72. The maximum absolute atomic E-state index is 13.6. The number of esters is 2. The van der Waals surface area contributed by atoms with E-state index in [2.05, 4.69) is 0 Å². The van der Waals surface area contributed by atoms with E-state index < -0.39 is 56.3 Å². The predicted molar refractivity (Wildman–Crippen MR) is 173 cm³/mol. The van der Waals surface area contributed by atoms with Gasteiger partial charge in [-0.2, -0.15) is 0 Å². The molecule has 1 fully saturated rings. The van der Waals surface area contributed by atoms with E-state index >= 15 is 0 Å². The normalized spacial score (nSPS) is 17.1. The van der Waals surface area contributed by atoms with Crippen LogP contribution >= 0.6 is 22.9 Å². The highest BCUT2D eigenvalue weighted by atomic mass is 35.5. The number of halogens is 1. The van der Waals surface area contributed by atoms with Gasteiger partial charge in [0.15, 0.2) is 19.7 Å². The molecular formula is C31H32ClNO9S3. The van der Waals surface area contributed by atoms with E-state index in [-0.39, 0.29) is 35.4 Å². The first kappa shape index (κ1) is 33.0. The summed E-state index contributed by atoms with van der Waals surface area (Å²) in [6.07, 6.45) is 6.77. The molecule has 3 aromatic rings. The molecule has 45 heavy (non-hydrogen) atoms. The van der Waals surface area contributed by atoms with Gasteiger partial charge in [-0.1, -0.05) is 35.9 Å². The third-order valence-corrected chi connectivity index (χ3v) is 11.0. The van der Waals surface area contributed by atoms with E-state index in [1.54, 1.807) is 12.1 Å². The van der Waals surface area contributed by atoms with Crippen LogP contribution in [0, 0.1) is 5.92 Å². The number of aromatic hydroxyl groups is 1. The molecule has 2 heterocycles. The number of carbonyl (C=O) groups is 2. The highest BCUT2D eigenvalue weighted by molar-refractivity contribution is 7.90. The number of benzene rings is 2. The lowest BCUT2D eigenvalue weighted by Crippen LogP contribution is -2.30. The number of phenols is 1. The van der Waals surface area contributed by atoms with Crippen LogP contribution in [0.15, 0.2) is 59.8 Å². The molecule has 240 valence electrons. The van der Waals surface area contributed by atoms with Crippen LogP contribution in [-0.2, 0) is 45.3 Å². The number of hydrogen-bond acceptors (Lipinski definition) is 11. The van der Waals surface area contributed by atoms with Crippen molar-refractivity contribution in [3.05, 3.63) is 80.8 Å². The van der Waals surface area contributed by atoms with Gasteiger partial charge in [-0.05, 0) is 54.2 Å². The van der Waals surface area contributed by atoms with Gasteiger partial charge in [0.2, 0.25) is 0 Å². The summed E-state index contributed by atoms with van der Waals surface area (Å²) in [5.41, 5.74) is 0.870. The largest absolute Gasteiger partial charge is 0.508 e. The summed E-state index contributed by atoms with van der Waals surface area (Å²) in [7, 11) is -6.90. The number of hydrogen-bond donors (Lipinski definition) is 1. The van der Waals surface area contributed by atoms with E-state index in [0.29, 0.717) is 10.6 Å². The molecule has 1 aliphatic carbocycles. The van der Waals surface area contributed by atoms with Gasteiger partial charge in [-0.25, -0.2) is 26.4 Å². The van der Waals surface area contributed by atoms with Gasteiger partial charge in [0.05, 0.1) is 40.3 Å². The summed E-state index contributed by atoms with van der Waals surface area (Å²) in [5.74, 6) is -2.57. The van der Waals surface area contributed by atoms with Crippen molar-refractivity contribution in [2.24, 2.45) is 5.92 Å². The van der Waals surface area contributed by atoms with E-state index in [9.17, 15) is 31.5 Å². The fourth-order valence-electron chi connectivity index (χ4n) is 5.15. The monoisotopic (exact) mass is 693 g/mol. The lowest BCUT2D eigenvalue weighted by molar-refractivity contribution is -0.142. The van der Waals surface area contributed by atoms with Gasteiger partial charge in [-0.3, -0.25) is 0 Å². The number of sulfone groups is 2. The Morgan fingerprint density at radius 2 is 1.58 bits per heavy atom. The Kier molecular flexibility index (Phi) is 9.64. The molecule has 14 heteroatoms. The third-order valence-electron chi connectivity index (χ3n) is 7.44. The Labute approximate surface area is 270 Å². The first-order valence-corrected chi connectivity index (χ1v) is 19.4. The van der Waals surface area contributed by atoms with Crippen molar-refractivity contribution < 1.29 is 41.0 Å². The minimum Gasteiger partial charge on any atom is -0.508 e. The molecule has 1 aromatic heterocycles. The number of phenolic OH excluding ortho intramolecular Hbond substituents is 1. The van der Waals surface area contributed by atoms with Crippen LogP contribution in [0.2, 0.25) is 5.02 Å². The van der Waals surface area contributed by atoms with Crippen molar-refractivity contribution in [1.82, 2.24) is 4.90 Å². The molecule has 1 unspecified atom stereocenters. The fraction of sp³-hybridized carbons (Fsp3) is 0.355. The zero-order valence-corrected chi connectivity index (χ0v) is 27.8. The molecule has 2 aliphatic rings. The minimum atomic E-state index is -3.45. The number of nitrogens with zero attached hydrogens (tertiary/aromatic N) is 1.